The maximum atomic E-state index is 13.5. The number of hydrogen-bond donors (Lipinski definition) is 1. The Labute approximate surface area is 191 Å². The van der Waals surface area contributed by atoms with Gasteiger partial charge in [-0.2, -0.15) is 13.2 Å². The molecule has 33 heavy (non-hydrogen) atoms. The molecule has 2 aromatic carbocycles. The third-order valence-corrected chi connectivity index (χ3v) is 6.26. The number of hydrogen-bond acceptors (Lipinski definition) is 2. The van der Waals surface area contributed by atoms with E-state index in [2.05, 4.69) is 31.1 Å². The van der Waals surface area contributed by atoms with Gasteiger partial charge in [-0.1, -0.05) is 51.1 Å². The molecule has 2 atom stereocenters. The maximum absolute atomic E-state index is 13.5. The molecular weight excluding hydrogens is 427 g/mol. The average Bonchev–Trinajstić information content (AvgIpc) is 3.22. The predicted octanol–water partition coefficient (Wildman–Crippen LogP) is 6.50. The van der Waals surface area contributed by atoms with Crippen molar-refractivity contribution in [2.45, 2.75) is 52.3 Å². The zero-order valence-electron chi connectivity index (χ0n) is 19.0. The monoisotopic (exact) mass is 455 g/mol. The first kappa shape index (κ1) is 23.1. The first-order valence-corrected chi connectivity index (χ1v) is 11.1. The zero-order valence-corrected chi connectivity index (χ0v) is 19.0. The minimum atomic E-state index is -4.46. The van der Waals surface area contributed by atoms with E-state index in [4.69, 9.17) is 0 Å². The Morgan fingerprint density at radius 3 is 2.61 bits per heavy atom. The summed E-state index contributed by atoms with van der Waals surface area (Å²) in [5.41, 5.74) is 0.909. The second-order valence-corrected chi connectivity index (χ2v) is 9.83. The lowest BCUT2D eigenvalue weighted by atomic mass is 9.70. The predicted molar refractivity (Wildman–Crippen MR) is 122 cm³/mol. The lowest BCUT2D eigenvalue weighted by molar-refractivity contribution is -0.137. The summed E-state index contributed by atoms with van der Waals surface area (Å²) in [4.78, 5) is 17.2. The molecule has 0 aliphatic heterocycles. The molecule has 1 N–H and O–H groups in total. The quantitative estimate of drug-likeness (QED) is 0.488. The van der Waals surface area contributed by atoms with E-state index in [1.165, 1.54) is 24.7 Å². The molecule has 1 fully saturated rings. The second kappa shape index (κ2) is 8.69. The van der Waals surface area contributed by atoms with Crippen LogP contribution < -0.4 is 5.32 Å². The number of alkyl halides is 3. The van der Waals surface area contributed by atoms with Gasteiger partial charge < -0.3 is 5.32 Å². The molecule has 3 aromatic rings. The van der Waals surface area contributed by atoms with Crippen molar-refractivity contribution in [2.24, 2.45) is 11.3 Å². The highest BCUT2D eigenvalue weighted by atomic mass is 19.4. The Morgan fingerprint density at radius 2 is 1.88 bits per heavy atom. The number of nitrogens with one attached hydrogen (secondary N) is 1. The number of rotatable bonds is 4. The number of amides is 1. The second-order valence-electron chi connectivity index (χ2n) is 9.83. The van der Waals surface area contributed by atoms with Crippen LogP contribution in [0.2, 0.25) is 0 Å². The molecule has 174 valence electrons. The Morgan fingerprint density at radius 1 is 1.12 bits per heavy atom. The molecule has 4 nitrogen and oxygen atoms in total. The summed E-state index contributed by atoms with van der Waals surface area (Å²) in [6.07, 6.45) is 1.50. The minimum Gasteiger partial charge on any atom is -0.348 e. The van der Waals surface area contributed by atoms with Crippen LogP contribution in [-0.4, -0.2) is 21.5 Å². The molecular formula is C26H28F3N3O. The highest BCUT2D eigenvalue weighted by Gasteiger charge is 2.34. The van der Waals surface area contributed by atoms with E-state index in [-0.39, 0.29) is 22.9 Å². The molecule has 0 radical (unpaired) electrons. The van der Waals surface area contributed by atoms with Gasteiger partial charge in [0.1, 0.15) is 5.69 Å². The Balaban J connectivity index is 1.62. The van der Waals surface area contributed by atoms with Crippen LogP contribution in [-0.2, 0) is 6.18 Å². The van der Waals surface area contributed by atoms with Gasteiger partial charge >= 0.3 is 6.18 Å². The first-order chi connectivity index (χ1) is 15.5. The van der Waals surface area contributed by atoms with Gasteiger partial charge in [0.05, 0.1) is 18.1 Å². The van der Waals surface area contributed by atoms with Gasteiger partial charge in [-0.15, -0.1) is 0 Å². The summed E-state index contributed by atoms with van der Waals surface area (Å²) in [7, 11) is 0. The van der Waals surface area contributed by atoms with E-state index in [9.17, 15) is 18.0 Å². The van der Waals surface area contributed by atoms with Gasteiger partial charge in [-0.05, 0) is 59.9 Å². The van der Waals surface area contributed by atoms with Crippen molar-refractivity contribution in [1.82, 2.24) is 14.9 Å². The van der Waals surface area contributed by atoms with Crippen LogP contribution in [0.5, 0.6) is 0 Å². The van der Waals surface area contributed by atoms with Crippen molar-refractivity contribution >= 4 is 5.91 Å². The SMILES string of the molecule is C[C@H]1C[C@H](NC(=O)c2cncn2-c2cccc(-c3ccccc3C(F)(F)F)c2)CC(C)(C)C1. The maximum Gasteiger partial charge on any atom is 0.417 e. The van der Waals surface area contributed by atoms with E-state index < -0.39 is 11.7 Å². The largest absolute Gasteiger partial charge is 0.417 e. The lowest BCUT2D eigenvalue weighted by Crippen LogP contribution is -2.43. The number of nitrogens with zero attached hydrogens (tertiary/aromatic N) is 2. The summed E-state index contributed by atoms with van der Waals surface area (Å²) < 4.78 is 42.2. The third-order valence-electron chi connectivity index (χ3n) is 6.26. The van der Waals surface area contributed by atoms with Crippen molar-refractivity contribution < 1.29 is 18.0 Å². The van der Waals surface area contributed by atoms with Crippen LogP contribution in [0.3, 0.4) is 0 Å². The first-order valence-electron chi connectivity index (χ1n) is 11.1. The van der Waals surface area contributed by atoms with Crippen LogP contribution in [0.15, 0.2) is 61.1 Å². The van der Waals surface area contributed by atoms with Crippen molar-refractivity contribution in [2.75, 3.05) is 0 Å². The zero-order chi connectivity index (χ0) is 23.8. The molecule has 1 amide bonds. The van der Waals surface area contributed by atoms with E-state index in [1.807, 2.05) is 0 Å². The van der Waals surface area contributed by atoms with Crippen LogP contribution >= 0.6 is 0 Å². The molecule has 1 saturated carbocycles. The topological polar surface area (TPSA) is 46.9 Å². The normalized spacial score (nSPS) is 20.4. The Kier molecular flexibility index (Phi) is 6.08. The fraction of sp³-hybridized carbons (Fsp3) is 0.385. The molecule has 1 aromatic heterocycles. The molecule has 0 saturated heterocycles. The minimum absolute atomic E-state index is 0.0737. The number of carbonyl (C=O) groups excluding carboxylic acids is 1. The number of aromatic nitrogens is 2. The molecule has 1 aliphatic rings. The molecule has 0 spiro atoms. The van der Waals surface area contributed by atoms with Crippen LogP contribution in [0.1, 0.15) is 56.1 Å². The highest BCUT2D eigenvalue weighted by Crippen LogP contribution is 2.39. The van der Waals surface area contributed by atoms with Crippen molar-refractivity contribution in [3.8, 4) is 16.8 Å². The number of benzene rings is 2. The number of carbonyl (C=O) groups is 1. The van der Waals surface area contributed by atoms with E-state index in [1.54, 1.807) is 34.9 Å². The van der Waals surface area contributed by atoms with Gasteiger partial charge in [-0.3, -0.25) is 9.36 Å². The van der Waals surface area contributed by atoms with E-state index in [0.717, 1.165) is 25.3 Å². The standard InChI is InChI=1S/C26H28F3N3O/c1-17-11-19(14-25(2,3)13-17)31-24(33)23-15-30-16-32(23)20-8-6-7-18(12-20)21-9-4-5-10-22(21)26(27,28)29/h4-10,12,15-17,19H,11,13-14H2,1-3H3,(H,31,33)/t17-,19-/m0/s1. The summed E-state index contributed by atoms with van der Waals surface area (Å²) in [6.45, 7) is 6.64. The van der Waals surface area contributed by atoms with E-state index in [0.29, 0.717) is 22.9 Å². The molecule has 0 unspecified atom stereocenters. The smallest absolute Gasteiger partial charge is 0.348 e. The third kappa shape index (κ3) is 5.13. The summed E-state index contributed by atoms with van der Waals surface area (Å²) in [5, 5.41) is 3.14. The van der Waals surface area contributed by atoms with Gasteiger partial charge in [0.2, 0.25) is 0 Å². The van der Waals surface area contributed by atoms with Gasteiger partial charge in [-0.25, -0.2) is 4.98 Å². The lowest BCUT2D eigenvalue weighted by Gasteiger charge is -2.39. The summed E-state index contributed by atoms with van der Waals surface area (Å²) in [6, 6.07) is 12.3. The van der Waals surface area contributed by atoms with Crippen molar-refractivity contribution in [3.63, 3.8) is 0 Å². The Bertz CT molecular complexity index is 1150. The fourth-order valence-electron chi connectivity index (χ4n) is 5.19. The molecule has 0 bridgehead atoms. The van der Waals surface area contributed by atoms with Gasteiger partial charge in [0.25, 0.3) is 5.91 Å². The molecule has 7 heteroatoms. The van der Waals surface area contributed by atoms with Crippen LogP contribution in [0, 0.1) is 11.3 Å². The molecule has 1 heterocycles. The van der Waals surface area contributed by atoms with Crippen molar-refractivity contribution in [1.29, 1.82) is 0 Å². The van der Waals surface area contributed by atoms with Gasteiger partial charge in [0.15, 0.2) is 0 Å². The van der Waals surface area contributed by atoms with Gasteiger partial charge in [0, 0.05) is 11.7 Å². The van der Waals surface area contributed by atoms with E-state index >= 15 is 0 Å². The fourth-order valence-corrected chi connectivity index (χ4v) is 5.19. The molecule has 1 aliphatic carbocycles. The van der Waals surface area contributed by atoms with Crippen LogP contribution in [0.4, 0.5) is 13.2 Å². The van der Waals surface area contributed by atoms with Crippen LogP contribution in [0.25, 0.3) is 16.8 Å². The number of halogens is 3. The molecule has 4 rings (SSSR count). The highest BCUT2D eigenvalue weighted by molar-refractivity contribution is 5.93. The van der Waals surface area contributed by atoms with Crippen molar-refractivity contribution in [3.05, 3.63) is 72.3 Å². The average molecular weight is 456 g/mol. The number of imidazole rings is 1. The summed E-state index contributed by atoms with van der Waals surface area (Å²) >= 11 is 0. The summed E-state index contributed by atoms with van der Waals surface area (Å²) in [5.74, 6) is 0.290. The Hall–Kier alpha value is -3.09.